The van der Waals surface area contributed by atoms with Crippen LogP contribution in [0.5, 0.6) is 5.75 Å². The molecule has 0 atom stereocenters. The minimum absolute atomic E-state index is 0.137. The first-order valence-electron chi connectivity index (χ1n) is 10.8. The van der Waals surface area contributed by atoms with E-state index in [-0.39, 0.29) is 5.91 Å². The molecule has 0 unspecified atom stereocenters. The van der Waals surface area contributed by atoms with Crippen LogP contribution in [0.25, 0.3) is 34.3 Å². The molecule has 0 fully saturated rings. The van der Waals surface area contributed by atoms with Crippen LogP contribution < -0.4 is 10.1 Å². The number of carbonyl (C=O) groups is 1. The molecule has 0 saturated heterocycles. The van der Waals surface area contributed by atoms with E-state index in [2.05, 4.69) is 25.6 Å². The molecule has 33 heavy (non-hydrogen) atoms. The number of carbonyl (C=O) groups excluding carboxylic acids is 1. The zero-order chi connectivity index (χ0) is 22.8. The van der Waals surface area contributed by atoms with Gasteiger partial charge in [0.15, 0.2) is 0 Å². The SMILES string of the molecule is CCNC(=O)c1ccc2c(c1)OCCOCc1c(cnn1C)-c1cc3c(n[nH]c3cn1)C=C2. The largest absolute Gasteiger partial charge is 0.491 e. The fraction of sp³-hybridized carbons (Fsp3) is 0.250. The van der Waals surface area contributed by atoms with Gasteiger partial charge in [-0.3, -0.25) is 19.6 Å². The van der Waals surface area contributed by atoms with E-state index in [4.69, 9.17) is 9.47 Å². The van der Waals surface area contributed by atoms with Crippen LogP contribution in [0.3, 0.4) is 0 Å². The van der Waals surface area contributed by atoms with Crippen LogP contribution in [0.15, 0.2) is 36.7 Å². The number of ether oxygens (including phenoxy) is 2. The molecule has 1 aromatic carbocycles. The van der Waals surface area contributed by atoms with E-state index in [9.17, 15) is 4.79 Å². The van der Waals surface area contributed by atoms with Crippen LogP contribution in [-0.2, 0) is 18.4 Å². The van der Waals surface area contributed by atoms with Gasteiger partial charge in [-0.1, -0.05) is 6.07 Å². The lowest BCUT2D eigenvalue weighted by Gasteiger charge is -2.12. The maximum absolute atomic E-state index is 12.3. The first-order chi connectivity index (χ1) is 16.1. The van der Waals surface area contributed by atoms with Crippen LogP contribution in [-0.4, -0.2) is 50.6 Å². The summed E-state index contributed by atoms with van der Waals surface area (Å²) in [7, 11) is 1.89. The number of amides is 1. The minimum atomic E-state index is -0.137. The summed E-state index contributed by atoms with van der Waals surface area (Å²) in [5, 5.41) is 15.6. The van der Waals surface area contributed by atoms with Gasteiger partial charge in [0.25, 0.3) is 5.91 Å². The van der Waals surface area contributed by atoms with Crippen molar-refractivity contribution in [3.63, 3.8) is 0 Å². The van der Waals surface area contributed by atoms with Crippen LogP contribution in [0.2, 0.25) is 0 Å². The molecule has 0 saturated carbocycles. The summed E-state index contributed by atoms with van der Waals surface area (Å²) >= 11 is 0. The molecule has 1 amide bonds. The number of aromatic amines is 1. The molecule has 9 heteroatoms. The molecule has 3 aromatic heterocycles. The van der Waals surface area contributed by atoms with Gasteiger partial charge in [0.2, 0.25) is 0 Å². The van der Waals surface area contributed by atoms with Gasteiger partial charge in [-0.2, -0.15) is 10.2 Å². The van der Waals surface area contributed by atoms with Crippen LogP contribution in [0.1, 0.15) is 34.2 Å². The molecule has 2 N–H and O–H groups in total. The van der Waals surface area contributed by atoms with Crippen molar-refractivity contribution in [3.8, 4) is 17.0 Å². The van der Waals surface area contributed by atoms with Crippen molar-refractivity contribution in [2.24, 2.45) is 7.05 Å². The van der Waals surface area contributed by atoms with Crippen molar-refractivity contribution in [1.82, 2.24) is 30.3 Å². The standard InChI is InChI=1S/C24H24N6O3/c1-3-25-24(31)16-5-4-15-6-7-19-17-11-20(26-13-21(17)29-28-19)18-12-27-30(2)22(18)14-32-8-9-33-23(15)10-16/h4-7,10-13H,3,8-9,14H2,1-2H3,(H,25,31)(H,28,29). The third kappa shape index (κ3) is 4.10. The molecule has 5 rings (SSSR count). The lowest BCUT2D eigenvalue weighted by Crippen LogP contribution is -2.22. The van der Waals surface area contributed by atoms with Gasteiger partial charge in [-0.05, 0) is 37.3 Å². The second-order valence-corrected chi connectivity index (χ2v) is 7.70. The Morgan fingerprint density at radius 1 is 1.21 bits per heavy atom. The Labute approximate surface area is 190 Å². The maximum atomic E-state index is 12.3. The number of aryl methyl sites for hydroxylation is 1. The summed E-state index contributed by atoms with van der Waals surface area (Å²) in [4.78, 5) is 16.9. The molecule has 4 heterocycles. The highest BCUT2D eigenvalue weighted by molar-refractivity contribution is 5.95. The summed E-state index contributed by atoms with van der Waals surface area (Å²) in [6.07, 6.45) is 7.44. The molecule has 1 aliphatic heterocycles. The van der Waals surface area contributed by atoms with E-state index in [1.807, 2.05) is 38.3 Å². The Balaban J connectivity index is 1.58. The highest BCUT2D eigenvalue weighted by atomic mass is 16.5. The Kier molecular flexibility index (Phi) is 5.62. The van der Waals surface area contributed by atoms with Gasteiger partial charge in [0.05, 0.1) is 48.2 Å². The Morgan fingerprint density at radius 3 is 3.00 bits per heavy atom. The highest BCUT2D eigenvalue weighted by Crippen LogP contribution is 2.28. The van der Waals surface area contributed by atoms with Crippen molar-refractivity contribution >= 4 is 29.0 Å². The Hall–Kier alpha value is -3.98. The van der Waals surface area contributed by atoms with E-state index in [0.29, 0.717) is 37.7 Å². The smallest absolute Gasteiger partial charge is 0.251 e. The summed E-state index contributed by atoms with van der Waals surface area (Å²) in [6, 6.07) is 7.43. The van der Waals surface area contributed by atoms with E-state index in [1.165, 1.54) is 0 Å². The predicted octanol–water partition coefficient (Wildman–Crippen LogP) is 3.19. The van der Waals surface area contributed by atoms with Crippen molar-refractivity contribution < 1.29 is 14.3 Å². The molecule has 168 valence electrons. The third-order valence-electron chi connectivity index (χ3n) is 5.57. The minimum Gasteiger partial charge on any atom is -0.491 e. The number of rotatable bonds is 2. The molecule has 1 aliphatic rings. The van der Waals surface area contributed by atoms with Crippen LogP contribution >= 0.6 is 0 Å². The molecule has 9 nitrogen and oxygen atoms in total. The first kappa shape index (κ1) is 20.9. The number of pyridine rings is 1. The molecular formula is C24H24N6O3. The quantitative estimate of drug-likeness (QED) is 0.492. The fourth-order valence-corrected chi connectivity index (χ4v) is 3.81. The third-order valence-corrected chi connectivity index (χ3v) is 5.57. The predicted molar refractivity (Wildman–Crippen MR) is 125 cm³/mol. The van der Waals surface area contributed by atoms with Crippen molar-refractivity contribution in [2.45, 2.75) is 13.5 Å². The fourth-order valence-electron chi connectivity index (χ4n) is 3.81. The van der Waals surface area contributed by atoms with Crippen molar-refractivity contribution in [1.29, 1.82) is 0 Å². The average Bonchev–Trinajstić information content (AvgIpc) is 3.40. The number of aromatic nitrogens is 5. The second kappa shape index (κ2) is 8.87. The summed E-state index contributed by atoms with van der Waals surface area (Å²) < 4.78 is 13.7. The van der Waals surface area contributed by atoms with E-state index < -0.39 is 0 Å². The summed E-state index contributed by atoms with van der Waals surface area (Å²) in [5.74, 6) is 0.471. The van der Waals surface area contributed by atoms with Gasteiger partial charge in [0, 0.05) is 35.7 Å². The van der Waals surface area contributed by atoms with E-state index in [1.54, 1.807) is 29.2 Å². The monoisotopic (exact) mass is 444 g/mol. The molecule has 0 radical (unpaired) electrons. The van der Waals surface area contributed by atoms with Crippen molar-refractivity contribution in [2.75, 3.05) is 19.8 Å². The number of nitrogens with one attached hydrogen (secondary N) is 2. The maximum Gasteiger partial charge on any atom is 0.251 e. The zero-order valence-corrected chi connectivity index (χ0v) is 18.5. The van der Waals surface area contributed by atoms with Gasteiger partial charge >= 0.3 is 0 Å². The lowest BCUT2D eigenvalue weighted by atomic mass is 10.1. The lowest BCUT2D eigenvalue weighted by molar-refractivity contribution is 0.0851. The number of nitrogens with zero attached hydrogens (tertiary/aromatic N) is 4. The second-order valence-electron chi connectivity index (χ2n) is 7.70. The van der Waals surface area contributed by atoms with Gasteiger partial charge in [0.1, 0.15) is 12.4 Å². The van der Waals surface area contributed by atoms with Crippen LogP contribution in [0.4, 0.5) is 0 Å². The van der Waals surface area contributed by atoms with E-state index >= 15 is 0 Å². The summed E-state index contributed by atoms with van der Waals surface area (Å²) in [6.45, 7) is 3.54. The molecule has 0 aliphatic carbocycles. The number of hydrogen-bond donors (Lipinski definition) is 2. The number of fused-ring (bicyclic) bond motifs is 4. The molecule has 4 aromatic rings. The Bertz CT molecular complexity index is 1350. The van der Waals surface area contributed by atoms with Gasteiger partial charge in [-0.25, -0.2) is 0 Å². The number of H-pyrrole nitrogens is 1. The molecule has 0 spiro atoms. The summed E-state index contributed by atoms with van der Waals surface area (Å²) in [5.41, 5.74) is 5.66. The average molecular weight is 444 g/mol. The highest BCUT2D eigenvalue weighted by Gasteiger charge is 2.15. The molecular weight excluding hydrogens is 420 g/mol. The Morgan fingerprint density at radius 2 is 2.12 bits per heavy atom. The topological polar surface area (TPSA) is 107 Å². The van der Waals surface area contributed by atoms with Crippen molar-refractivity contribution in [3.05, 3.63) is 59.2 Å². The van der Waals surface area contributed by atoms with Crippen LogP contribution in [0, 0.1) is 0 Å². The number of hydrogen-bond acceptors (Lipinski definition) is 6. The molecule has 2 bridgehead atoms. The normalized spacial score (nSPS) is 13.6. The van der Waals surface area contributed by atoms with E-state index in [0.717, 1.165) is 39.1 Å². The van der Waals surface area contributed by atoms with Gasteiger partial charge < -0.3 is 14.8 Å². The zero-order valence-electron chi connectivity index (χ0n) is 18.5. The first-order valence-corrected chi connectivity index (χ1v) is 10.8. The van der Waals surface area contributed by atoms with Gasteiger partial charge in [-0.15, -0.1) is 0 Å². The number of benzene rings is 1.